The smallest absolute Gasteiger partial charge is 0.389 e. The number of aliphatic hydroxyl groups is 1. The van der Waals surface area contributed by atoms with Gasteiger partial charge in [0.2, 0.25) is 0 Å². The van der Waals surface area contributed by atoms with E-state index >= 15 is 0 Å². The zero-order chi connectivity index (χ0) is 6.62. The van der Waals surface area contributed by atoms with Gasteiger partial charge in [-0.25, -0.2) is 0 Å². The van der Waals surface area contributed by atoms with Gasteiger partial charge in [-0.3, -0.25) is 0 Å². The van der Waals surface area contributed by atoms with Gasteiger partial charge in [-0.05, 0) is 6.42 Å². The Bertz CT molecular complexity index is 63.3. The molecule has 0 bridgehead atoms. The molecule has 0 aliphatic heterocycles. The van der Waals surface area contributed by atoms with Crippen molar-refractivity contribution in [1.82, 2.24) is 0 Å². The Labute approximate surface area is 66.1 Å². The first-order chi connectivity index (χ1) is 3.56. The van der Waals surface area contributed by atoms with Gasteiger partial charge in [0.15, 0.2) is 0 Å². The molecule has 0 aromatic rings. The third-order valence-electron chi connectivity index (χ3n) is 0.618. The van der Waals surface area contributed by atoms with Crippen molar-refractivity contribution in [2.45, 2.75) is 19.0 Å². The van der Waals surface area contributed by atoms with Gasteiger partial charge in [0.25, 0.3) is 0 Å². The average Bonchev–Trinajstić information content (AvgIpc) is 1.59. The zero-order valence-corrected chi connectivity index (χ0v) is 6.26. The summed E-state index contributed by atoms with van der Waals surface area (Å²) in [5, 5.41) is 7.93. The molecule has 0 amide bonds. The molecule has 0 spiro atoms. The Kier molecular flexibility index (Phi) is 7.12. The Morgan fingerprint density at radius 1 is 1.22 bits per heavy atom. The van der Waals surface area contributed by atoms with Crippen LogP contribution in [0.25, 0.3) is 0 Å². The molecule has 0 aromatic heterocycles. The van der Waals surface area contributed by atoms with Crippen molar-refractivity contribution in [2.24, 2.45) is 0 Å². The van der Waals surface area contributed by atoms with Crippen LogP contribution < -0.4 is 0 Å². The summed E-state index contributed by atoms with van der Waals surface area (Å²) in [5.74, 6) is 0. The molecule has 0 unspecified atom stereocenters. The van der Waals surface area contributed by atoms with Crippen LogP contribution >= 0.6 is 0 Å². The van der Waals surface area contributed by atoms with Crippen molar-refractivity contribution in [3.05, 3.63) is 0 Å². The summed E-state index contributed by atoms with van der Waals surface area (Å²) in [6.45, 7) is -0.389. The number of hydrogen-bond acceptors (Lipinski definition) is 1. The molecule has 5 heteroatoms. The van der Waals surface area contributed by atoms with E-state index in [9.17, 15) is 13.2 Å². The molecule has 0 rings (SSSR count). The summed E-state index contributed by atoms with van der Waals surface area (Å²) in [4.78, 5) is 0. The van der Waals surface area contributed by atoms with E-state index in [-0.39, 0.29) is 34.7 Å². The summed E-state index contributed by atoms with van der Waals surface area (Å²) < 4.78 is 33.4. The van der Waals surface area contributed by atoms with Gasteiger partial charge in [-0.2, -0.15) is 13.2 Å². The van der Waals surface area contributed by atoms with E-state index in [1.165, 1.54) is 0 Å². The fourth-order valence-electron chi connectivity index (χ4n) is 0.280. The quantitative estimate of drug-likeness (QED) is 0.629. The third kappa shape index (κ3) is 11.8. The first-order valence-electron chi connectivity index (χ1n) is 2.24. The minimum atomic E-state index is -4.11. The van der Waals surface area contributed by atoms with Crippen LogP contribution in [-0.4, -0.2) is 17.9 Å². The predicted molar refractivity (Wildman–Crippen MR) is 22.4 cm³/mol. The third-order valence-corrected chi connectivity index (χ3v) is 0.618. The Balaban J connectivity index is 0. The molecule has 1 N–H and O–H groups in total. The van der Waals surface area contributed by atoms with E-state index in [0.717, 1.165) is 0 Å². The standard InChI is InChI=1S/C4H7F3O.Ti/c5-4(6,7)2-1-3-8;/h8H,1-3H2;. The topological polar surface area (TPSA) is 20.2 Å². The van der Waals surface area contributed by atoms with Crippen LogP contribution in [0.2, 0.25) is 0 Å². The first kappa shape index (κ1) is 12.2. The van der Waals surface area contributed by atoms with Crippen LogP contribution in [0, 0.1) is 0 Å². The molecular weight excluding hydrogens is 169 g/mol. The minimum absolute atomic E-state index is 0. The average molecular weight is 176 g/mol. The SMILES string of the molecule is OCCCC(F)(F)F.[Ti]. The molecule has 9 heavy (non-hydrogen) atoms. The molecule has 0 heterocycles. The Morgan fingerprint density at radius 2 is 1.67 bits per heavy atom. The van der Waals surface area contributed by atoms with Gasteiger partial charge in [-0.15, -0.1) is 0 Å². The fraction of sp³-hybridized carbons (Fsp3) is 1.00. The van der Waals surface area contributed by atoms with E-state index in [1.807, 2.05) is 0 Å². The molecule has 54 valence electrons. The summed E-state index contributed by atoms with van der Waals surface area (Å²) >= 11 is 0. The summed E-state index contributed by atoms with van der Waals surface area (Å²) in [6, 6.07) is 0. The molecule has 0 saturated carbocycles. The zero-order valence-electron chi connectivity index (χ0n) is 4.70. The van der Waals surface area contributed by atoms with E-state index in [2.05, 4.69) is 0 Å². The maximum absolute atomic E-state index is 11.1. The molecule has 0 aliphatic carbocycles. The fourth-order valence-corrected chi connectivity index (χ4v) is 0.280. The van der Waals surface area contributed by atoms with Gasteiger partial charge in [0.05, 0.1) is 0 Å². The monoisotopic (exact) mass is 176 g/mol. The molecule has 0 radical (unpaired) electrons. The van der Waals surface area contributed by atoms with Gasteiger partial charge in [0.1, 0.15) is 0 Å². The molecule has 1 nitrogen and oxygen atoms in total. The predicted octanol–water partition coefficient (Wildman–Crippen LogP) is 1.32. The second-order valence-electron chi connectivity index (χ2n) is 1.44. The minimum Gasteiger partial charge on any atom is -0.396 e. The largest absolute Gasteiger partial charge is 0.396 e. The van der Waals surface area contributed by atoms with Crippen LogP contribution in [-0.2, 0) is 21.7 Å². The van der Waals surface area contributed by atoms with Gasteiger partial charge >= 0.3 is 6.18 Å². The summed E-state index contributed by atoms with van der Waals surface area (Å²) in [6.07, 6.45) is -5.18. The van der Waals surface area contributed by atoms with Crippen LogP contribution in [0.1, 0.15) is 12.8 Å². The molecule has 0 fully saturated rings. The molecular formula is C4H7F3OTi. The van der Waals surface area contributed by atoms with Crippen LogP contribution in [0.3, 0.4) is 0 Å². The molecule has 0 aromatic carbocycles. The normalized spacial score (nSPS) is 10.7. The van der Waals surface area contributed by atoms with Gasteiger partial charge in [-0.1, -0.05) is 0 Å². The van der Waals surface area contributed by atoms with Crippen molar-refractivity contribution >= 4 is 0 Å². The Morgan fingerprint density at radius 3 is 1.78 bits per heavy atom. The van der Waals surface area contributed by atoms with Crippen molar-refractivity contribution in [3.8, 4) is 0 Å². The first-order valence-corrected chi connectivity index (χ1v) is 2.24. The molecule has 0 saturated heterocycles. The van der Waals surface area contributed by atoms with E-state index in [1.54, 1.807) is 0 Å². The maximum atomic E-state index is 11.1. The number of hydrogen-bond donors (Lipinski definition) is 1. The van der Waals surface area contributed by atoms with Crippen LogP contribution in [0.4, 0.5) is 13.2 Å². The number of alkyl halides is 3. The number of halogens is 3. The van der Waals surface area contributed by atoms with Crippen molar-refractivity contribution < 1.29 is 40.0 Å². The van der Waals surface area contributed by atoms with Crippen LogP contribution in [0.5, 0.6) is 0 Å². The number of rotatable bonds is 2. The second-order valence-corrected chi connectivity index (χ2v) is 1.44. The van der Waals surface area contributed by atoms with Gasteiger partial charge < -0.3 is 5.11 Å². The van der Waals surface area contributed by atoms with Crippen molar-refractivity contribution in [3.63, 3.8) is 0 Å². The van der Waals surface area contributed by atoms with Crippen molar-refractivity contribution in [1.29, 1.82) is 0 Å². The Hall–Kier alpha value is 0.464. The van der Waals surface area contributed by atoms with E-state index < -0.39 is 12.6 Å². The van der Waals surface area contributed by atoms with Gasteiger partial charge in [0, 0.05) is 34.7 Å². The molecule has 0 aliphatic rings. The van der Waals surface area contributed by atoms with Crippen molar-refractivity contribution in [2.75, 3.05) is 6.61 Å². The van der Waals surface area contributed by atoms with Crippen LogP contribution in [0.15, 0.2) is 0 Å². The summed E-state index contributed by atoms with van der Waals surface area (Å²) in [7, 11) is 0. The molecule has 0 atom stereocenters. The maximum Gasteiger partial charge on any atom is 0.389 e. The number of aliphatic hydroxyl groups excluding tert-OH is 1. The van der Waals surface area contributed by atoms with E-state index in [4.69, 9.17) is 5.11 Å². The second kappa shape index (κ2) is 5.26. The van der Waals surface area contributed by atoms with E-state index in [0.29, 0.717) is 0 Å². The summed E-state index contributed by atoms with van der Waals surface area (Å²) in [5.41, 5.74) is 0.